The molecule has 23 heavy (non-hydrogen) atoms. The van der Waals surface area contributed by atoms with Gasteiger partial charge >= 0.3 is 0 Å². The predicted octanol–water partition coefficient (Wildman–Crippen LogP) is 0.985. The minimum atomic E-state index is 0.194. The summed E-state index contributed by atoms with van der Waals surface area (Å²) in [5, 5.41) is 6.40. The summed E-state index contributed by atoms with van der Waals surface area (Å²) in [6.07, 6.45) is 1.67. The molecule has 1 unspecified atom stereocenters. The van der Waals surface area contributed by atoms with Gasteiger partial charge in [0.25, 0.3) is 0 Å². The number of carbonyl (C=O) groups is 1. The number of carbonyl (C=O) groups excluding carboxylic acids is 1. The number of amides is 1. The molecule has 126 valence electrons. The molecular formula is C18H28N4O. The predicted molar refractivity (Wildman–Crippen MR) is 93.9 cm³/mol. The minimum absolute atomic E-state index is 0.194. The largest absolute Gasteiger partial charge is 0.369 e. The number of nitrogens with zero attached hydrogens (tertiary/aromatic N) is 2. The topological polar surface area (TPSA) is 47.6 Å². The molecule has 5 heteroatoms. The Balaban J connectivity index is 1.38. The molecule has 3 rings (SSSR count). The number of rotatable bonds is 5. The molecule has 0 spiro atoms. The van der Waals surface area contributed by atoms with Gasteiger partial charge in [-0.2, -0.15) is 0 Å². The lowest BCUT2D eigenvalue weighted by molar-refractivity contribution is -0.122. The number of benzene rings is 1. The Morgan fingerprint density at radius 2 is 2.13 bits per heavy atom. The first-order chi connectivity index (χ1) is 11.2. The average Bonchev–Trinajstić information content (AvgIpc) is 3.06. The lowest BCUT2D eigenvalue weighted by atomic mass is 10.2. The average molecular weight is 316 g/mol. The van der Waals surface area contributed by atoms with Gasteiger partial charge in [0.1, 0.15) is 0 Å². The van der Waals surface area contributed by atoms with Crippen LogP contribution in [0.1, 0.15) is 18.4 Å². The third-order valence-electron chi connectivity index (χ3n) is 4.82. The van der Waals surface area contributed by atoms with E-state index >= 15 is 0 Å². The highest BCUT2D eigenvalue weighted by Crippen LogP contribution is 2.17. The Hall–Kier alpha value is -1.59. The highest BCUT2D eigenvalue weighted by Gasteiger charge is 2.20. The molecule has 5 nitrogen and oxygen atoms in total. The molecule has 1 atom stereocenters. The quantitative estimate of drug-likeness (QED) is 0.850. The highest BCUT2D eigenvalue weighted by atomic mass is 16.1. The highest BCUT2D eigenvalue weighted by molar-refractivity contribution is 5.76. The van der Waals surface area contributed by atoms with Crippen molar-refractivity contribution in [1.29, 1.82) is 0 Å². The molecule has 2 aliphatic rings. The third-order valence-corrected chi connectivity index (χ3v) is 4.82. The van der Waals surface area contributed by atoms with Crippen molar-refractivity contribution in [2.45, 2.75) is 25.8 Å². The van der Waals surface area contributed by atoms with Crippen molar-refractivity contribution in [3.63, 3.8) is 0 Å². The summed E-state index contributed by atoms with van der Waals surface area (Å²) in [6.45, 7) is 9.09. The molecule has 0 aromatic heterocycles. The number of anilines is 1. The van der Waals surface area contributed by atoms with Crippen molar-refractivity contribution in [3.05, 3.63) is 29.8 Å². The molecule has 0 saturated carbocycles. The zero-order valence-corrected chi connectivity index (χ0v) is 14.1. The Kier molecular flexibility index (Phi) is 5.51. The molecule has 2 N–H and O–H groups in total. The zero-order valence-electron chi connectivity index (χ0n) is 14.1. The van der Waals surface area contributed by atoms with Gasteiger partial charge in [-0.1, -0.05) is 12.1 Å². The summed E-state index contributed by atoms with van der Waals surface area (Å²) in [7, 11) is 0. The van der Waals surface area contributed by atoms with Gasteiger partial charge in [-0.3, -0.25) is 9.69 Å². The third kappa shape index (κ3) is 4.69. The number of hydrogen-bond acceptors (Lipinski definition) is 4. The molecule has 2 heterocycles. The lowest BCUT2D eigenvalue weighted by Crippen LogP contribution is -2.47. The van der Waals surface area contributed by atoms with E-state index in [2.05, 4.69) is 51.6 Å². The minimum Gasteiger partial charge on any atom is -0.369 e. The molecule has 1 aromatic rings. The van der Waals surface area contributed by atoms with Gasteiger partial charge < -0.3 is 15.5 Å². The van der Waals surface area contributed by atoms with Gasteiger partial charge in [0.05, 0.1) is 0 Å². The molecule has 0 radical (unpaired) electrons. The maximum absolute atomic E-state index is 12.0. The monoisotopic (exact) mass is 316 g/mol. The molecule has 2 fully saturated rings. The van der Waals surface area contributed by atoms with E-state index in [0.29, 0.717) is 12.5 Å². The summed E-state index contributed by atoms with van der Waals surface area (Å²) in [6, 6.07) is 9.03. The molecule has 2 aliphatic heterocycles. The summed E-state index contributed by atoms with van der Waals surface area (Å²) >= 11 is 0. The fourth-order valence-electron chi connectivity index (χ4n) is 3.39. The van der Waals surface area contributed by atoms with E-state index in [-0.39, 0.29) is 5.91 Å². The molecular weight excluding hydrogens is 288 g/mol. The molecule has 2 saturated heterocycles. The van der Waals surface area contributed by atoms with Gasteiger partial charge in [0.15, 0.2) is 0 Å². The van der Waals surface area contributed by atoms with Crippen molar-refractivity contribution in [2.24, 2.45) is 0 Å². The fraction of sp³-hybridized carbons (Fsp3) is 0.611. The van der Waals surface area contributed by atoms with Crippen molar-refractivity contribution >= 4 is 11.6 Å². The molecule has 0 aliphatic carbocycles. The van der Waals surface area contributed by atoms with Crippen molar-refractivity contribution in [1.82, 2.24) is 15.5 Å². The number of nitrogens with one attached hydrogen (secondary N) is 2. The van der Waals surface area contributed by atoms with Crippen LogP contribution in [0.15, 0.2) is 24.3 Å². The van der Waals surface area contributed by atoms with E-state index in [1.807, 2.05) is 0 Å². The Bertz CT molecular complexity index is 520. The zero-order chi connectivity index (χ0) is 16.1. The van der Waals surface area contributed by atoms with E-state index in [1.54, 1.807) is 0 Å². The van der Waals surface area contributed by atoms with Gasteiger partial charge in [-0.15, -0.1) is 0 Å². The number of piperazine rings is 1. The van der Waals surface area contributed by atoms with Crippen LogP contribution in [-0.4, -0.2) is 62.7 Å². The van der Waals surface area contributed by atoms with E-state index in [4.69, 9.17) is 0 Å². The van der Waals surface area contributed by atoms with E-state index in [0.717, 1.165) is 52.2 Å². The first-order valence-electron chi connectivity index (χ1n) is 8.75. The van der Waals surface area contributed by atoms with Crippen LogP contribution in [0.4, 0.5) is 5.69 Å². The van der Waals surface area contributed by atoms with E-state index < -0.39 is 0 Å². The summed E-state index contributed by atoms with van der Waals surface area (Å²) < 4.78 is 0. The van der Waals surface area contributed by atoms with Gasteiger partial charge in [0, 0.05) is 57.4 Å². The van der Waals surface area contributed by atoms with Gasteiger partial charge in [-0.05, 0) is 37.6 Å². The van der Waals surface area contributed by atoms with Crippen LogP contribution in [-0.2, 0) is 4.79 Å². The smallest absolute Gasteiger partial charge is 0.221 e. The fourth-order valence-corrected chi connectivity index (χ4v) is 3.39. The van der Waals surface area contributed by atoms with Crippen LogP contribution < -0.4 is 15.5 Å². The second-order valence-electron chi connectivity index (χ2n) is 6.67. The van der Waals surface area contributed by atoms with Crippen LogP contribution >= 0.6 is 0 Å². The first-order valence-corrected chi connectivity index (χ1v) is 8.75. The van der Waals surface area contributed by atoms with Crippen LogP contribution in [0.2, 0.25) is 0 Å². The molecule has 1 aromatic carbocycles. The summed E-state index contributed by atoms with van der Waals surface area (Å²) in [5.74, 6) is 0.194. The second kappa shape index (κ2) is 7.79. The normalized spacial score (nSPS) is 22.3. The van der Waals surface area contributed by atoms with Crippen LogP contribution in [0.25, 0.3) is 0 Å². The van der Waals surface area contributed by atoms with Crippen molar-refractivity contribution in [2.75, 3.05) is 50.7 Å². The standard InChI is InChI=1S/C18H28N4O/c1-15-3-2-4-17(13-15)22-11-9-21(10-12-22)8-6-18(23)20-16-5-7-19-14-16/h2-4,13,16,19H,5-12,14H2,1H3,(H,20,23). The Labute approximate surface area is 139 Å². The van der Waals surface area contributed by atoms with Crippen LogP contribution in [0.3, 0.4) is 0 Å². The number of hydrogen-bond donors (Lipinski definition) is 2. The van der Waals surface area contributed by atoms with Crippen LogP contribution in [0, 0.1) is 6.92 Å². The van der Waals surface area contributed by atoms with Crippen LogP contribution in [0.5, 0.6) is 0 Å². The Morgan fingerprint density at radius 3 is 2.83 bits per heavy atom. The Morgan fingerprint density at radius 1 is 1.30 bits per heavy atom. The maximum Gasteiger partial charge on any atom is 0.221 e. The summed E-state index contributed by atoms with van der Waals surface area (Å²) in [4.78, 5) is 16.8. The van der Waals surface area contributed by atoms with Gasteiger partial charge in [-0.25, -0.2) is 0 Å². The maximum atomic E-state index is 12.0. The molecule has 0 bridgehead atoms. The van der Waals surface area contributed by atoms with E-state index in [9.17, 15) is 4.79 Å². The van der Waals surface area contributed by atoms with E-state index in [1.165, 1.54) is 11.3 Å². The second-order valence-corrected chi connectivity index (χ2v) is 6.67. The molecule has 1 amide bonds. The number of aryl methyl sites for hydroxylation is 1. The summed E-state index contributed by atoms with van der Waals surface area (Å²) in [5.41, 5.74) is 2.62. The van der Waals surface area contributed by atoms with Crippen molar-refractivity contribution < 1.29 is 4.79 Å². The van der Waals surface area contributed by atoms with Crippen molar-refractivity contribution in [3.8, 4) is 0 Å². The van der Waals surface area contributed by atoms with Gasteiger partial charge in [0.2, 0.25) is 5.91 Å². The SMILES string of the molecule is Cc1cccc(N2CCN(CCC(=O)NC3CCNC3)CC2)c1. The lowest BCUT2D eigenvalue weighted by Gasteiger charge is -2.36. The first kappa shape index (κ1) is 16.3.